The molecular formula is C24H19FO3. The molecule has 1 aliphatic rings. The van der Waals surface area contributed by atoms with Gasteiger partial charge < -0.3 is 9.47 Å². The van der Waals surface area contributed by atoms with Crippen molar-refractivity contribution in [1.82, 2.24) is 0 Å². The fraction of sp³-hybridized carbons (Fsp3) is 0.125. The number of benzene rings is 3. The summed E-state index contributed by atoms with van der Waals surface area (Å²) < 4.78 is 25.1. The Balaban J connectivity index is 1.50. The topological polar surface area (TPSA) is 35.5 Å². The number of ketones is 1. The first-order valence-electron chi connectivity index (χ1n) is 9.17. The number of halogens is 1. The third-order valence-electron chi connectivity index (χ3n) is 4.68. The van der Waals surface area contributed by atoms with Gasteiger partial charge in [0, 0.05) is 11.6 Å². The highest BCUT2D eigenvalue weighted by Crippen LogP contribution is 2.35. The summed E-state index contributed by atoms with van der Waals surface area (Å²) in [6.45, 7) is 2.20. The molecule has 0 atom stereocenters. The van der Waals surface area contributed by atoms with Crippen LogP contribution in [0.15, 0.2) is 72.5 Å². The SMILES string of the molecule is CCc1ccc(C=C2Oc3cc(OCc4ccccc4F)ccc3C2=O)cc1. The summed E-state index contributed by atoms with van der Waals surface area (Å²) >= 11 is 0. The van der Waals surface area contributed by atoms with Crippen LogP contribution in [0.4, 0.5) is 4.39 Å². The van der Waals surface area contributed by atoms with E-state index in [2.05, 4.69) is 6.92 Å². The average molecular weight is 374 g/mol. The van der Waals surface area contributed by atoms with Gasteiger partial charge in [-0.15, -0.1) is 0 Å². The number of carbonyl (C=O) groups excluding carboxylic acids is 1. The van der Waals surface area contributed by atoms with Crippen LogP contribution in [0.2, 0.25) is 0 Å². The lowest BCUT2D eigenvalue weighted by molar-refractivity contribution is 0.101. The van der Waals surface area contributed by atoms with Crippen molar-refractivity contribution < 1.29 is 18.7 Å². The molecule has 0 bridgehead atoms. The van der Waals surface area contributed by atoms with Gasteiger partial charge in [0.2, 0.25) is 5.78 Å². The predicted octanol–water partition coefficient (Wildman–Crippen LogP) is 5.58. The summed E-state index contributed by atoms with van der Waals surface area (Å²) in [5, 5.41) is 0. The van der Waals surface area contributed by atoms with Crippen molar-refractivity contribution in [1.29, 1.82) is 0 Å². The average Bonchev–Trinajstić information content (AvgIpc) is 3.03. The maximum Gasteiger partial charge on any atom is 0.231 e. The molecule has 0 aromatic heterocycles. The molecule has 28 heavy (non-hydrogen) atoms. The van der Waals surface area contributed by atoms with Gasteiger partial charge in [-0.2, -0.15) is 0 Å². The van der Waals surface area contributed by atoms with Crippen LogP contribution in [0.5, 0.6) is 11.5 Å². The number of carbonyl (C=O) groups is 1. The van der Waals surface area contributed by atoms with Gasteiger partial charge in [-0.1, -0.05) is 49.4 Å². The van der Waals surface area contributed by atoms with Crippen LogP contribution >= 0.6 is 0 Å². The molecule has 3 aromatic rings. The first-order valence-corrected chi connectivity index (χ1v) is 9.17. The summed E-state index contributed by atoms with van der Waals surface area (Å²) in [6, 6.07) is 19.5. The molecule has 1 heterocycles. The highest BCUT2D eigenvalue weighted by molar-refractivity contribution is 6.14. The molecule has 0 spiro atoms. The molecule has 0 saturated carbocycles. The zero-order valence-electron chi connectivity index (χ0n) is 15.4. The van der Waals surface area contributed by atoms with Gasteiger partial charge in [-0.05, 0) is 41.8 Å². The van der Waals surface area contributed by atoms with Gasteiger partial charge >= 0.3 is 0 Å². The monoisotopic (exact) mass is 374 g/mol. The van der Waals surface area contributed by atoms with Gasteiger partial charge in [0.25, 0.3) is 0 Å². The Hall–Kier alpha value is -3.40. The molecule has 0 unspecified atom stereocenters. The second kappa shape index (κ2) is 7.69. The minimum atomic E-state index is -0.311. The number of hydrogen-bond acceptors (Lipinski definition) is 3. The van der Waals surface area contributed by atoms with Gasteiger partial charge in [-0.25, -0.2) is 4.39 Å². The van der Waals surface area contributed by atoms with E-state index >= 15 is 0 Å². The van der Waals surface area contributed by atoms with Crippen molar-refractivity contribution >= 4 is 11.9 Å². The number of aryl methyl sites for hydroxylation is 1. The quantitative estimate of drug-likeness (QED) is 0.547. The number of fused-ring (bicyclic) bond motifs is 1. The third kappa shape index (κ3) is 3.67. The minimum absolute atomic E-state index is 0.103. The lowest BCUT2D eigenvalue weighted by Gasteiger charge is -2.08. The highest BCUT2D eigenvalue weighted by Gasteiger charge is 2.27. The van der Waals surface area contributed by atoms with Gasteiger partial charge in [0.1, 0.15) is 23.9 Å². The van der Waals surface area contributed by atoms with Crippen molar-refractivity contribution in [3.8, 4) is 11.5 Å². The van der Waals surface area contributed by atoms with E-state index in [1.807, 2.05) is 24.3 Å². The first kappa shape index (κ1) is 18.0. The second-order valence-corrected chi connectivity index (χ2v) is 6.57. The van der Waals surface area contributed by atoms with E-state index < -0.39 is 0 Å². The molecule has 3 nitrogen and oxygen atoms in total. The number of ether oxygens (including phenoxy) is 2. The van der Waals surface area contributed by atoms with Crippen LogP contribution in [-0.4, -0.2) is 5.78 Å². The van der Waals surface area contributed by atoms with Crippen molar-refractivity contribution in [2.24, 2.45) is 0 Å². The van der Waals surface area contributed by atoms with Crippen LogP contribution in [0.25, 0.3) is 6.08 Å². The number of Topliss-reactive ketones (excluding diaryl/α,β-unsaturated/α-hetero) is 1. The number of rotatable bonds is 5. The first-order chi connectivity index (χ1) is 13.6. The Morgan fingerprint density at radius 3 is 2.57 bits per heavy atom. The Morgan fingerprint density at radius 1 is 1.04 bits per heavy atom. The summed E-state index contributed by atoms with van der Waals surface area (Å²) in [4.78, 5) is 12.6. The van der Waals surface area contributed by atoms with E-state index in [-0.39, 0.29) is 24.0 Å². The summed E-state index contributed by atoms with van der Waals surface area (Å²) in [5.74, 6) is 0.783. The van der Waals surface area contributed by atoms with Crippen LogP contribution in [0, 0.1) is 5.82 Å². The van der Waals surface area contributed by atoms with Crippen LogP contribution in [0.3, 0.4) is 0 Å². The summed E-state index contributed by atoms with van der Waals surface area (Å²) in [7, 11) is 0. The molecule has 0 amide bonds. The molecule has 0 fully saturated rings. The van der Waals surface area contributed by atoms with Gasteiger partial charge in [0.05, 0.1) is 5.56 Å². The normalized spacial score (nSPS) is 14.1. The number of allylic oxidation sites excluding steroid dienone is 1. The largest absolute Gasteiger partial charge is 0.489 e. The molecule has 3 aromatic carbocycles. The maximum absolute atomic E-state index is 13.7. The minimum Gasteiger partial charge on any atom is -0.489 e. The van der Waals surface area contributed by atoms with E-state index in [4.69, 9.17) is 9.47 Å². The zero-order chi connectivity index (χ0) is 19.5. The highest BCUT2D eigenvalue weighted by atomic mass is 19.1. The molecule has 4 rings (SSSR count). The van der Waals surface area contributed by atoms with E-state index in [1.54, 1.807) is 42.5 Å². The van der Waals surface area contributed by atoms with Gasteiger partial charge in [-0.3, -0.25) is 4.79 Å². The van der Waals surface area contributed by atoms with Crippen molar-refractivity contribution in [3.05, 3.63) is 101 Å². The van der Waals surface area contributed by atoms with Crippen LogP contribution in [0.1, 0.15) is 34.0 Å². The molecule has 0 saturated heterocycles. The Bertz CT molecular complexity index is 1050. The molecule has 140 valence electrons. The molecular weight excluding hydrogens is 355 g/mol. The third-order valence-corrected chi connectivity index (χ3v) is 4.68. The molecule has 1 aliphatic heterocycles. The van der Waals surface area contributed by atoms with E-state index in [0.717, 1.165) is 12.0 Å². The standard InChI is InChI=1S/C24H19FO3/c1-2-16-7-9-17(10-8-16)13-23-24(26)20-12-11-19(14-22(20)28-23)27-15-18-5-3-4-6-21(18)25/h3-14H,2,15H2,1H3. The van der Waals surface area contributed by atoms with E-state index in [1.165, 1.54) is 11.6 Å². The zero-order valence-corrected chi connectivity index (χ0v) is 15.4. The molecule has 4 heteroatoms. The Kier molecular flexibility index (Phi) is 4.94. The Morgan fingerprint density at radius 2 is 1.82 bits per heavy atom. The fourth-order valence-corrected chi connectivity index (χ4v) is 3.03. The predicted molar refractivity (Wildman–Crippen MR) is 106 cm³/mol. The van der Waals surface area contributed by atoms with E-state index in [9.17, 15) is 9.18 Å². The van der Waals surface area contributed by atoms with Crippen LogP contribution < -0.4 is 9.47 Å². The maximum atomic E-state index is 13.7. The Labute approximate surface area is 163 Å². The van der Waals surface area contributed by atoms with Crippen LogP contribution in [-0.2, 0) is 13.0 Å². The van der Waals surface area contributed by atoms with Crippen molar-refractivity contribution in [2.75, 3.05) is 0 Å². The summed E-state index contributed by atoms with van der Waals surface area (Å²) in [6.07, 6.45) is 2.70. The molecule has 0 aliphatic carbocycles. The number of hydrogen-bond donors (Lipinski definition) is 0. The molecule has 0 radical (unpaired) electrons. The van der Waals surface area contributed by atoms with Crippen molar-refractivity contribution in [2.45, 2.75) is 20.0 Å². The summed E-state index contributed by atoms with van der Waals surface area (Å²) in [5.41, 5.74) is 3.11. The van der Waals surface area contributed by atoms with E-state index in [0.29, 0.717) is 22.6 Å². The fourth-order valence-electron chi connectivity index (χ4n) is 3.03. The van der Waals surface area contributed by atoms with Crippen molar-refractivity contribution in [3.63, 3.8) is 0 Å². The lowest BCUT2D eigenvalue weighted by Crippen LogP contribution is -1.98. The lowest BCUT2D eigenvalue weighted by atomic mass is 10.1. The van der Waals surface area contributed by atoms with Gasteiger partial charge in [0.15, 0.2) is 5.76 Å². The molecule has 0 N–H and O–H groups in total. The second-order valence-electron chi connectivity index (χ2n) is 6.57. The smallest absolute Gasteiger partial charge is 0.231 e.